The largest absolute Gasteiger partial charge is 0.300 e. The molecule has 19 heavy (non-hydrogen) atoms. The van der Waals surface area contributed by atoms with E-state index < -0.39 is 10.0 Å². The Kier molecular flexibility index (Phi) is 4.37. The Morgan fingerprint density at radius 1 is 1.16 bits per heavy atom. The van der Waals surface area contributed by atoms with Gasteiger partial charge in [-0.1, -0.05) is 17.7 Å². The molecule has 4 nitrogen and oxygen atoms in total. The molecule has 0 heterocycles. The van der Waals surface area contributed by atoms with Gasteiger partial charge in [-0.25, -0.2) is 13.1 Å². The van der Waals surface area contributed by atoms with Crippen LogP contribution in [0.4, 0.5) is 0 Å². The third-order valence-corrected chi connectivity index (χ3v) is 5.00. The van der Waals surface area contributed by atoms with Crippen molar-refractivity contribution in [1.82, 2.24) is 4.72 Å². The van der Waals surface area contributed by atoms with Gasteiger partial charge in [-0.3, -0.25) is 4.79 Å². The summed E-state index contributed by atoms with van der Waals surface area (Å²) in [6.45, 7) is 2.34. The number of aryl methyl sites for hydroxylation is 1. The Morgan fingerprint density at radius 2 is 1.74 bits per heavy atom. The molecule has 0 saturated heterocycles. The monoisotopic (exact) mass is 281 g/mol. The van der Waals surface area contributed by atoms with Crippen molar-refractivity contribution in [3.05, 3.63) is 29.8 Å². The van der Waals surface area contributed by atoms with Crippen molar-refractivity contribution < 1.29 is 13.2 Å². The summed E-state index contributed by atoms with van der Waals surface area (Å²) in [7, 11) is -3.42. The molecule has 0 bridgehead atoms. The molecule has 1 N–H and O–H groups in total. The van der Waals surface area contributed by atoms with Crippen LogP contribution in [0.25, 0.3) is 0 Å². The van der Waals surface area contributed by atoms with Gasteiger partial charge in [0.05, 0.1) is 4.90 Å². The average molecular weight is 281 g/mol. The summed E-state index contributed by atoms with van der Waals surface area (Å²) in [5, 5.41) is 0. The Bertz CT molecular complexity index is 539. The van der Waals surface area contributed by atoms with E-state index in [-0.39, 0.29) is 11.7 Å². The van der Waals surface area contributed by atoms with Crippen LogP contribution in [0.1, 0.15) is 31.2 Å². The van der Waals surface area contributed by atoms with Crippen molar-refractivity contribution in [1.29, 1.82) is 0 Å². The molecule has 0 spiro atoms. The van der Waals surface area contributed by atoms with Crippen molar-refractivity contribution in [2.24, 2.45) is 5.92 Å². The van der Waals surface area contributed by atoms with E-state index in [1.165, 1.54) is 0 Å². The van der Waals surface area contributed by atoms with Crippen LogP contribution >= 0.6 is 0 Å². The number of benzene rings is 1. The summed E-state index contributed by atoms with van der Waals surface area (Å²) < 4.78 is 26.8. The van der Waals surface area contributed by atoms with Gasteiger partial charge in [0.1, 0.15) is 5.78 Å². The van der Waals surface area contributed by atoms with E-state index in [1.54, 1.807) is 24.3 Å². The zero-order valence-corrected chi connectivity index (χ0v) is 11.9. The van der Waals surface area contributed by atoms with Crippen LogP contribution in [0, 0.1) is 12.8 Å². The van der Waals surface area contributed by atoms with Gasteiger partial charge in [-0.2, -0.15) is 0 Å². The lowest BCUT2D eigenvalue weighted by molar-refractivity contribution is -0.120. The minimum absolute atomic E-state index is 0.276. The van der Waals surface area contributed by atoms with Crippen LogP contribution < -0.4 is 4.72 Å². The fraction of sp³-hybridized carbons (Fsp3) is 0.500. The number of carbonyl (C=O) groups excluding carboxylic acids is 1. The maximum atomic E-state index is 12.1. The summed E-state index contributed by atoms with van der Waals surface area (Å²) in [6.07, 6.45) is 2.73. The lowest BCUT2D eigenvalue weighted by Crippen LogP contribution is -2.31. The van der Waals surface area contributed by atoms with E-state index in [4.69, 9.17) is 0 Å². The second-order valence-electron chi connectivity index (χ2n) is 5.15. The van der Waals surface area contributed by atoms with Crippen molar-refractivity contribution in [2.75, 3.05) is 6.54 Å². The van der Waals surface area contributed by atoms with Crippen LogP contribution in [0.2, 0.25) is 0 Å². The summed E-state index contributed by atoms with van der Waals surface area (Å²) >= 11 is 0. The number of carbonyl (C=O) groups is 1. The van der Waals surface area contributed by atoms with Crippen molar-refractivity contribution >= 4 is 15.8 Å². The van der Waals surface area contributed by atoms with Gasteiger partial charge in [-0.15, -0.1) is 0 Å². The standard InChI is InChI=1S/C14H19NO3S/c1-11-2-8-14(9-3-11)19(17,18)15-10-12-4-6-13(16)7-5-12/h2-3,8-9,12,15H,4-7,10H2,1H3. The van der Waals surface area contributed by atoms with E-state index in [0.29, 0.717) is 24.3 Å². The summed E-state index contributed by atoms with van der Waals surface area (Å²) in [5.41, 5.74) is 1.03. The molecular formula is C14H19NO3S. The van der Waals surface area contributed by atoms with Crippen LogP contribution in [-0.4, -0.2) is 20.7 Å². The van der Waals surface area contributed by atoms with E-state index in [9.17, 15) is 13.2 Å². The smallest absolute Gasteiger partial charge is 0.240 e. The first-order valence-electron chi connectivity index (χ1n) is 6.55. The van der Waals surface area contributed by atoms with Gasteiger partial charge in [-0.05, 0) is 37.8 Å². The minimum atomic E-state index is -3.42. The highest BCUT2D eigenvalue weighted by atomic mass is 32.2. The van der Waals surface area contributed by atoms with E-state index in [2.05, 4.69) is 4.72 Å². The van der Waals surface area contributed by atoms with Gasteiger partial charge >= 0.3 is 0 Å². The normalized spacial score (nSPS) is 17.6. The van der Waals surface area contributed by atoms with Crippen LogP contribution in [0.5, 0.6) is 0 Å². The maximum Gasteiger partial charge on any atom is 0.240 e. The minimum Gasteiger partial charge on any atom is -0.300 e. The Labute approximate surface area is 114 Å². The van der Waals surface area contributed by atoms with Gasteiger partial charge in [0, 0.05) is 19.4 Å². The molecule has 1 aliphatic rings. The number of rotatable bonds is 4. The number of hydrogen-bond acceptors (Lipinski definition) is 3. The molecule has 1 fully saturated rings. The van der Waals surface area contributed by atoms with Crippen LogP contribution in [0.15, 0.2) is 29.2 Å². The molecule has 1 aromatic carbocycles. The number of nitrogens with one attached hydrogen (secondary N) is 1. The summed E-state index contributed by atoms with van der Waals surface area (Å²) in [6, 6.07) is 6.80. The molecule has 0 atom stereocenters. The maximum absolute atomic E-state index is 12.1. The van der Waals surface area contributed by atoms with Gasteiger partial charge in [0.25, 0.3) is 0 Å². The number of hydrogen-bond donors (Lipinski definition) is 1. The Balaban J connectivity index is 1.94. The van der Waals surface area contributed by atoms with Gasteiger partial charge in [0.15, 0.2) is 0 Å². The molecule has 0 amide bonds. The molecule has 0 radical (unpaired) electrons. The summed E-state index contributed by atoms with van der Waals surface area (Å²) in [4.78, 5) is 11.4. The zero-order chi connectivity index (χ0) is 13.9. The Morgan fingerprint density at radius 3 is 2.32 bits per heavy atom. The van der Waals surface area contributed by atoms with Crippen molar-refractivity contribution in [3.8, 4) is 0 Å². The highest BCUT2D eigenvalue weighted by Crippen LogP contribution is 2.21. The summed E-state index contributed by atoms with van der Waals surface area (Å²) in [5.74, 6) is 0.565. The van der Waals surface area contributed by atoms with Gasteiger partial charge < -0.3 is 0 Å². The topological polar surface area (TPSA) is 63.2 Å². The zero-order valence-electron chi connectivity index (χ0n) is 11.1. The number of sulfonamides is 1. The molecule has 0 aromatic heterocycles. The second kappa shape index (κ2) is 5.84. The predicted molar refractivity (Wildman–Crippen MR) is 73.3 cm³/mol. The first-order chi connectivity index (χ1) is 8.97. The molecular weight excluding hydrogens is 262 g/mol. The highest BCUT2D eigenvalue weighted by Gasteiger charge is 2.21. The quantitative estimate of drug-likeness (QED) is 0.918. The Hall–Kier alpha value is -1.20. The predicted octanol–water partition coefficient (Wildman–Crippen LogP) is 2.03. The second-order valence-corrected chi connectivity index (χ2v) is 6.91. The molecule has 1 saturated carbocycles. The molecule has 5 heteroatoms. The van der Waals surface area contributed by atoms with Crippen LogP contribution in [-0.2, 0) is 14.8 Å². The first kappa shape index (κ1) is 14.2. The van der Waals surface area contributed by atoms with E-state index >= 15 is 0 Å². The lowest BCUT2D eigenvalue weighted by atomic mass is 9.89. The van der Waals surface area contributed by atoms with Crippen molar-refractivity contribution in [2.45, 2.75) is 37.5 Å². The lowest BCUT2D eigenvalue weighted by Gasteiger charge is -2.21. The molecule has 1 aliphatic carbocycles. The number of ketones is 1. The molecule has 0 unspecified atom stereocenters. The molecule has 2 rings (SSSR count). The third kappa shape index (κ3) is 3.88. The van der Waals surface area contributed by atoms with Crippen molar-refractivity contribution in [3.63, 3.8) is 0 Å². The van der Waals surface area contributed by atoms with E-state index in [1.807, 2.05) is 6.92 Å². The fourth-order valence-corrected chi connectivity index (χ4v) is 3.35. The fourth-order valence-electron chi connectivity index (χ4n) is 2.23. The molecule has 0 aliphatic heterocycles. The SMILES string of the molecule is Cc1ccc(S(=O)(=O)NCC2CCC(=O)CC2)cc1. The van der Waals surface area contributed by atoms with Crippen LogP contribution in [0.3, 0.4) is 0 Å². The van der Waals surface area contributed by atoms with Gasteiger partial charge in [0.2, 0.25) is 10.0 Å². The highest BCUT2D eigenvalue weighted by molar-refractivity contribution is 7.89. The average Bonchev–Trinajstić information content (AvgIpc) is 2.39. The molecule has 1 aromatic rings. The number of Topliss-reactive ketones (excluding diaryl/α,β-unsaturated/α-hetero) is 1. The third-order valence-electron chi connectivity index (χ3n) is 3.56. The van der Waals surface area contributed by atoms with E-state index in [0.717, 1.165) is 18.4 Å². The first-order valence-corrected chi connectivity index (χ1v) is 8.04. The molecule has 104 valence electrons.